The van der Waals surface area contributed by atoms with E-state index in [-0.39, 0.29) is 0 Å². The standard InChI is InChI=1S/C13H25NO/c1-5-11-9-14(13(15)6-2)8-7-12(11)10(3)4/h10-12H,5-9H2,1-4H3. The number of amides is 1. The normalized spacial score (nSPS) is 27.1. The lowest BCUT2D eigenvalue weighted by atomic mass is 9.77. The zero-order valence-corrected chi connectivity index (χ0v) is 10.6. The van der Waals surface area contributed by atoms with E-state index in [4.69, 9.17) is 0 Å². The number of nitrogens with zero attached hydrogens (tertiary/aromatic N) is 1. The van der Waals surface area contributed by atoms with Gasteiger partial charge in [0.1, 0.15) is 0 Å². The molecule has 0 aliphatic carbocycles. The molecular formula is C13H25NO. The van der Waals surface area contributed by atoms with Crippen LogP contribution in [0.25, 0.3) is 0 Å². The Morgan fingerprint density at radius 2 is 2.07 bits per heavy atom. The van der Waals surface area contributed by atoms with Crippen LogP contribution in [-0.2, 0) is 4.79 Å². The molecule has 1 rings (SSSR count). The third-order valence-corrected chi connectivity index (χ3v) is 3.83. The SMILES string of the molecule is CCC(=O)N1CCC(C(C)C)C(CC)C1. The van der Waals surface area contributed by atoms with E-state index in [1.165, 1.54) is 12.8 Å². The summed E-state index contributed by atoms with van der Waals surface area (Å²) in [6.07, 6.45) is 3.06. The van der Waals surface area contributed by atoms with Crippen molar-refractivity contribution in [2.24, 2.45) is 17.8 Å². The molecule has 0 aromatic carbocycles. The van der Waals surface area contributed by atoms with Crippen LogP contribution in [0.1, 0.15) is 47.0 Å². The molecule has 2 unspecified atom stereocenters. The van der Waals surface area contributed by atoms with E-state index in [0.717, 1.165) is 24.9 Å². The van der Waals surface area contributed by atoms with Crippen LogP contribution in [-0.4, -0.2) is 23.9 Å². The van der Waals surface area contributed by atoms with Gasteiger partial charge in [0.15, 0.2) is 0 Å². The molecule has 1 heterocycles. The summed E-state index contributed by atoms with van der Waals surface area (Å²) in [5.41, 5.74) is 0. The summed E-state index contributed by atoms with van der Waals surface area (Å²) < 4.78 is 0. The Kier molecular flexibility index (Phi) is 4.62. The van der Waals surface area contributed by atoms with Gasteiger partial charge in [-0.25, -0.2) is 0 Å². The highest BCUT2D eigenvalue weighted by Crippen LogP contribution is 2.32. The quantitative estimate of drug-likeness (QED) is 0.703. The van der Waals surface area contributed by atoms with Gasteiger partial charge >= 0.3 is 0 Å². The summed E-state index contributed by atoms with van der Waals surface area (Å²) in [5.74, 6) is 2.62. The van der Waals surface area contributed by atoms with Gasteiger partial charge in [-0.15, -0.1) is 0 Å². The summed E-state index contributed by atoms with van der Waals surface area (Å²) >= 11 is 0. The van der Waals surface area contributed by atoms with Crippen molar-refractivity contribution in [3.05, 3.63) is 0 Å². The van der Waals surface area contributed by atoms with Crippen LogP contribution in [0.5, 0.6) is 0 Å². The largest absolute Gasteiger partial charge is 0.342 e. The minimum Gasteiger partial charge on any atom is -0.342 e. The predicted octanol–water partition coefficient (Wildman–Crippen LogP) is 2.93. The molecule has 1 aliphatic rings. The molecule has 88 valence electrons. The Labute approximate surface area is 94.0 Å². The maximum absolute atomic E-state index is 11.6. The molecule has 0 aromatic rings. The lowest BCUT2D eigenvalue weighted by molar-refractivity contribution is -0.133. The minimum absolute atomic E-state index is 0.329. The van der Waals surface area contributed by atoms with Crippen molar-refractivity contribution >= 4 is 5.91 Å². The van der Waals surface area contributed by atoms with Gasteiger partial charge in [-0.3, -0.25) is 4.79 Å². The highest BCUT2D eigenvalue weighted by Gasteiger charge is 2.31. The van der Waals surface area contributed by atoms with Crippen molar-refractivity contribution in [3.63, 3.8) is 0 Å². The summed E-state index contributed by atoms with van der Waals surface area (Å²) in [6, 6.07) is 0. The number of piperidine rings is 1. The lowest BCUT2D eigenvalue weighted by Gasteiger charge is -2.40. The lowest BCUT2D eigenvalue weighted by Crippen LogP contribution is -2.44. The Hall–Kier alpha value is -0.530. The van der Waals surface area contributed by atoms with Gasteiger partial charge in [0.25, 0.3) is 0 Å². The zero-order valence-electron chi connectivity index (χ0n) is 10.6. The Balaban J connectivity index is 2.58. The third-order valence-electron chi connectivity index (χ3n) is 3.83. The molecule has 1 amide bonds. The first-order chi connectivity index (χ1) is 7.10. The molecule has 1 saturated heterocycles. The van der Waals surface area contributed by atoms with Crippen LogP contribution in [0.4, 0.5) is 0 Å². The first-order valence-electron chi connectivity index (χ1n) is 6.37. The second kappa shape index (κ2) is 5.53. The number of hydrogen-bond acceptors (Lipinski definition) is 1. The highest BCUT2D eigenvalue weighted by atomic mass is 16.2. The molecule has 0 aromatic heterocycles. The summed E-state index contributed by atoms with van der Waals surface area (Å²) in [7, 11) is 0. The van der Waals surface area contributed by atoms with Gasteiger partial charge < -0.3 is 4.90 Å². The average molecular weight is 211 g/mol. The first-order valence-corrected chi connectivity index (χ1v) is 6.37. The summed E-state index contributed by atoms with van der Waals surface area (Å²) in [5, 5.41) is 0. The van der Waals surface area contributed by atoms with Gasteiger partial charge in [-0.05, 0) is 24.2 Å². The van der Waals surface area contributed by atoms with Crippen molar-refractivity contribution in [1.29, 1.82) is 0 Å². The smallest absolute Gasteiger partial charge is 0.222 e. The molecule has 2 nitrogen and oxygen atoms in total. The second-order valence-electron chi connectivity index (χ2n) is 5.06. The number of hydrogen-bond donors (Lipinski definition) is 0. The highest BCUT2D eigenvalue weighted by molar-refractivity contribution is 5.75. The van der Waals surface area contributed by atoms with Crippen LogP contribution in [0.15, 0.2) is 0 Å². The van der Waals surface area contributed by atoms with Gasteiger partial charge in [0, 0.05) is 19.5 Å². The molecule has 0 N–H and O–H groups in total. The minimum atomic E-state index is 0.329. The monoisotopic (exact) mass is 211 g/mol. The molecule has 2 heteroatoms. The van der Waals surface area contributed by atoms with Crippen molar-refractivity contribution in [1.82, 2.24) is 4.90 Å². The van der Waals surface area contributed by atoms with Crippen molar-refractivity contribution in [2.75, 3.05) is 13.1 Å². The number of rotatable bonds is 3. The molecule has 1 aliphatic heterocycles. The van der Waals surface area contributed by atoms with E-state index < -0.39 is 0 Å². The molecule has 0 saturated carbocycles. The van der Waals surface area contributed by atoms with E-state index in [2.05, 4.69) is 25.7 Å². The van der Waals surface area contributed by atoms with Crippen LogP contribution in [0.3, 0.4) is 0 Å². The van der Waals surface area contributed by atoms with Crippen molar-refractivity contribution in [2.45, 2.75) is 47.0 Å². The van der Waals surface area contributed by atoms with E-state index in [9.17, 15) is 4.79 Å². The van der Waals surface area contributed by atoms with Gasteiger partial charge in [-0.1, -0.05) is 34.1 Å². The van der Waals surface area contributed by atoms with Gasteiger partial charge in [-0.2, -0.15) is 0 Å². The van der Waals surface area contributed by atoms with E-state index in [0.29, 0.717) is 18.2 Å². The maximum Gasteiger partial charge on any atom is 0.222 e. The predicted molar refractivity (Wildman–Crippen MR) is 63.6 cm³/mol. The number of carbonyl (C=O) groups excluding carboxylic acids is 1. The fourth-order valence-corrected chi connectivity index (χ4v) is 2.81. The summed E-state index contributed by atoms with van der Waals surface area (Å²) in [4.78, 5) is 13.7. The summed E-state index contributed by atoms with van der Waals surface area (Å²) in [6.45, 7) is 10.8. The molecular weight excluding hydrogens is 186 g/mol. The van der Waals surface area contributed by atoms with E-state index in [1.54, 1.807) is 0 Å². The van der Waals surface area contributed by atoms with Gasteiger partial charge in [0.05, 0.1) is 0 Å². The molecule has 0 spiro atoms. The Morgan fingerprint density at radius 1 is 1.40 bits per heavy atom. The topological polar surface area (TPSA) is 20.3 Å². The second-order valence-corrected chi connectivity index (χ2v) is 5.06. The molecule has 2 atom stereocenters. The number of likely N-dealkylation sites (tertiary alicyclic amines) is 1. The molecule has 0 radical (unpaired) electrons. The third kappa shape index (κ3) is 2.96. The van der Waals surface area contributed by atoms with Crippen LogP contribution in [0.2, 0.25) is 0 Å². The zero-order chi connectivity index (χ0) is 11.4. The Morgan fingerprint density at radius 3 is 2.53 bits per heavy atom. The fourth-order valence-electron chi connectivity index (χ4n) is 2.81. The maximum atomic E-state index is 11.6. The first kappa shape index (κ1) is 12.5. The van der Waals surface area contributed by atoms with Crippen LogP contribution < -0.4 is 0 Å². The van der Waals surface area contributed by atoms with E-state index in [1.807, 2.05) is 6.92 Å². The molecule has 1 fully saturated rings. The van der Waals surface area contributed by atoms with Crippen molar-refractivity contribution in [3.8, 4) is 0 Å². The number of carbonyl (C=O) groups is 1. The molecule has 0 bridgehead atoms. The molecule has 15 heavy (non-hydrogen) atoms. The van der Waals surface area contributed by atoms with Crippen LogP contribution in [0, 0.1) is 17.8 Å². The fraction of sp³-hybridized carbons (Fsp3) is 0.923. The average Bonchev–Trinajstić information content (AvgIpc) is 2.26. The van der Waals surface area contributed by atoms with Crippen LogP contribution >= 0.6 is 0 Å². The Bertz CT molecular complexity index is 213. The van der Waals surface area contributed by atoms with Crippen molar-refractivity contribution < 1.29 is 4.79 Å². The van der Waals surface area contributed by atoms with Gasteiger partial charge in [0.2, 0.25) is 5.91 Å². The van der Waals surface area contributed by atoms with E-state index >= 15 is 0 Å².